The van der Waals surface area contributed by atoms with E-state index in [1.165, 1.54) is 48.5 Å². The smallest absolute Gasteiger partial charge is 0.339 e. The summed E-state index contributed by atoms with van der Waals surface area (Å²) >= 11 is 0.465. The molecule has 0 bridgehead atoms. The molecule has 6 rings (SSSR count). The van der Waals surface area contributed by atoms with Gasteiger partial charge in [-0.05, 0) is 48.5 Å². The van der Waals surface area contributed by atoms with Crippen LogP contribution in [0.25, 0.3) is 21.9 Å². The highest BCUT2D eigenvalue weighted by molar-refractivity contribution is 8.00. The van der Waals surface area contributed by atoms with E-state index in [1.54, 1.807) is 0 Å². The highest BCUT2D eigenvalue weighted by atomic mass is 32.2. The van der Waals surface area contributed by atoms with E-state index >= 15 is 0 Å². The zero-order valence-corrected chi connectivity index (χ0v) is 26.2. The number of ether oxygens (including phenoxy) is 2. The summed E-state index contributed by atoms with van der Waals surface area (Å²) in [6.07, 6.45) is -12.7. The molecule has 16 nitrogen and oxygen atoms in total. The van der Waals surface area contributed by atoms with Crippen LogP contribution >= 0.6 is 11.8 Å². The topological polar surface area (TPSA) is 281 Å². The van der Waals surface area contributed by atoms with Crippen molar-refractivity contribution in [2.45, 2.75) is 71.5 Å². The summed E-state index contributed by atoms with van der Waals surface area (Å²) in [6.45, 7) is -1.76. The van der Waals surface area contributed by atoms with E-state index in [1.807, 2.05) is 0 Å². The van der Waals surface area contributed by atoms with Crippen LogP contribution < -0.4 is 11.3 Å². The van der Waals surface area contributed by atoms with E-state index in [2.05, 4.69) is 0 Å². The minimum absolute atomic E-state index is 0.115. The molecule has 10 atom stereocenters. The Morgan fingerprint density at radius 3 is 1.37 bits per heavy atom. The molecule has 2 saturated heterocycles. The van der Waals surface area contributed by atoms with Gasteiger partial charge in [0.25, 0.3) is 0 Å². The molecule has 2 aromatic heterocycles. The maximum absolute atomic E-state index is 12.8. The summed E-state index contributed by atoms with van der Waals surface area (Å²) < 4.78 is 21.8. The summed E-state index contributed by atoms with van der Waals surface area (Å²) in [4.78, 5) is 25.6. The standard InChI is InChI=1S/C32H34O16S/c33-11-21-23(37)31(43,9-15-5-13-7-17(35)1-3-19(13)45-27(15)41)25(39)29(47-21)49-30-26(40)32(44,24(38)22(12-34)48-30)10-16-6-14-8-18(36)2-4-20(14)46-28(16)42/h1-8,21-26,29-30,33-40,43-44H,9-12H2/t21-,22-,23+,24+,25+,26+,29+,30+,31+,32+/m1/s1. The van der Waals surface area contributed by atoms with Crippen LogP contribution in [0.3, 0.4) is 0 Å². The predicted octanol–water partition coefficient (Wildman–Crippen LogP) is -1.83. The van der Waals surface area contributed by atoms with Crippen molar-refractivity contribution in [2.24, 2.45) is 0 Å². The third-order valence-electron chi connectivity index (χ3n) is 9.04. The molecule has 0 amide bonds. The monoisotopic (exact) mass is 706 g/mol. The normalized spacial score (nSPS) is 33.6. The van der Waals surface area contributed by atoms with Crippen LogP contribution in [0, 0.1) is 0 Å². The molecule has 10 N–H and O–H groups in total. The third kappa shape index (κ3) is 6.32. The van der Waals surface area contributed by atoms with Crippen molar-refractivity contribution in [3.63, 3.8) is 0 Å². The first kappa shape index (κ1) is 35.2. The van der Waals surface area contributed by atoms with E-state index < -0.39 is 96.0 Å². The van der Waals surface area contributed by atoms with Crippen LogP contribution in [-0.2, 0) is 22.3 Å². The van der Waals surface area contributed by atoms with Crippen LogP contribution in [0.2, 0.25) is 0 Å². The molecule has 17 heteroatoms. The summed E-state index contributed by atoms with van der Waals surface area (Å²) in [7, 11) is 0. The molecule has 2 fully saturated rings. The van der Waals surface area contributed by atoms with Crippen LogP contribution in [0.5, 0.6) is 11.5 Å². The molecule has 0 spiro atoms. The SMILES string of the molecule is O=c1oc2ccc(O)cc2cc1C[C@]1(O)[C@@H](O)[C@@H](CO)O[C@@H](S[C@@H]2O[C@H](CO)[C@H](O)[C@@](O)(Cc3cc4cc(O)ccc4oc3=O)[C@H]2O)[C@@H]1O. The Hall–Kier alpha value is -3.59. The van der Waals surface area contributed by atoms with Gasteiger partial charge in [0.15, 0.2) is 0 Å². The molecule has 4 heterocycles. The Morgan fingerprint density at radius 1 is 0.612 bits per heavy atom. The zero-order valence-electron chi connectivity index (χ0n) is 25.4. The molecule has 0 saturated carbocycles. The number of thioether (sulfide) groups is 1. The first-order chi connectivity index (χ1) is 23.2. The van der Waals surface area contributed by atoms with Crippen molar-refractivity contribution in [3.8, 4) is 11.5 Å². The van der Waals surface area contributed by atoms with Gasteiger partial charge >= 0.3 is 11.3 Å². The largest absolute Gasteiger partial charge is 0.508 e. The molecule has 0 radical (unpaired) electrons. The lowest BCUT2D eigenvalue weighted by Gasteiger charge is -2.51. The van der Waals surface area contributed by atoms with Gasteiger partial charge in [0.2, 0.25) is 0 Å². The van der Waals surface area contributed by atoms with Crippen molar-refractivity contribution in [2.75, 3.05) is 13.2 Å². The lowest BCUT2D eigenvalue weighted by Crippen LogP contribution is -2.70. The molecular weight excluding hydrogens is 672 g/mol. The van der Waals surface area contributed by atoms with E-state index in [0.29, 0.717) is 11.8 Å². The molecule has 2 aromatic carbocycles. The van der Waals surface area contributed by atoms with Gasteiger partial charge in [-0.25, -0.2) is 9.59 Å². The number of hydrogen-bond donors (Lipinski definition) is 10. The Morgan fingerprint density at radius 2 is 1.00 bits per heavy atom. The fraction of sp³-hybridized carbons (Fsp3) is 0.438. The van der Waals surface area contributed by atoms with Crippen LogP contribution in [0.1, 0.15) is 11.1 Å². The van der Waals surface area contributed by atoms with E-state index in [4.69, 9.17) is 18.3 Å². The van der Waals surface area contributed by atoms with E-state index in [-0.39, 0.29) is 44.6 Å². The summed E-state index contributed by atoms with van der Waals surface area (Å²) in [6, 6.07) is 10.4. The van der Waals surface area contributed by atoms with Crippen molar-refractivity contribution >= 4 is 33.7 Å². The van der Waals surface area contributed by atoms with Crippen molar-refractivity contribution in [1.82, 2.24) is 0 Å². The number of phenolic OH excluding ortho intramolecular Hbond substituents is 2. The second kappa shape index (κ2) is 13.3. The second-order valence-corrected chi connectivity index (χ2v) is 13.5. The quantitative estimate of drug-likeness (QED) is 0.0902. The Labute approximate surface area is 279 Å². The number of rotatable bonds is 8. The summed E-state index contributed by atoms with van der Waals surface area (Å²) in [5, 5.41) is 109. The number of aliphatic hydroxyl groups is 8. The molecule has 2 aliphatic rings. The van der Waals surface area contributed by atoms with Gasteiger partial charge in [0.05, 0.1) is 13.2 Å². The molecule has 0 aliphatic carbocycles. The number of hydrogen-bond acceptors (Lipinski definition) is 17. The van der Waals surface area contributed by atoms with Crippen molar-refractivity contribution < 1.29 is 69.4 Å². The van der Waals surface area contributed by atoms with Crippen LogP contribution in [0.15, 0.2) is 67.0 Å². The van der Waals surface area contributed by atoms with Gasteiger partial charge in [0.1, 0.15) is 81.4 Å². The molecule has 264 valence electrons. The fourth-order valence-corrected chi connectivity index (χ4v) is 7.77. The first-order valence-electron chi connectivity index (χ1n) is 15.0. The van der Waals surface area contributed by atoms with Gasteiger partial charge in [-0.2, -0.15) is 0 Å². The maximum Gasteiger partial charge on any atom is 0.339 e. The zero-order chi connectivity index (χ0) is 35.4. The highest BCUT2D eigenvalue weighted by Crippen LogP contribution is 2.43. The van der Waals surface area contributed by atoms with Gasteiger partial charge in [-0.15, -0.1) is 0 Å². The van der Waals surface area contributed by atoms with Gasteiger partial charge in [-0.3, -0.25) is 0 Å². The average molecular weight is 707 g/mol. The Kier molecular flexibility index (Phi) is 9.55. The molecule has 0 unspecified atom stereocenters. The minimum Gasteiger partial charge on any atom is -0.508 e. The van der Waals surface area contributed by atoms with Crippen LogP contribution in [0.4, 0.5) is 0 Å². The number of aliphatic hydroxyl groups excluding tert-OH is 6. The Balaban J connectivity index is 1.30. The molecule has 2 aliphatic heterocycles. The predicted molar refractivity (Wildman–Crippen MR) is 169 cm³/mol. The maximum atomic E-state index is 12.8. The van der Waals surface area contributed by atoms with Crippen molar-refractivity contribution in [3.05, 3.63) is 80.5 Å². The summed E-state index contributed by atoms with van der Waals surface area (Å²) in [5.74, 6) is -0.293. The Bertz CT molecular complexity index is 1820. The molecule has 49 heavy (non-hydrogen) atoms. The summed E-state index contributed by atoms with van der Waals surface area (Å²) in [5.41, 5.74) is -10.5. The van der Waals surface area contributed by atoms with Gasteiger partial charge in [0, 0.05) is 34.7 Å². The lowest BCUT2D eigenvalue weighted by atomic mass is 9.80. The average Bonchev–Trinajstić information content (AvgIpc) is 3.06. The van der Waals surface area contributed by atoms with E-state index in [0.717, 1.165) is 0 Å². The number of phenols is 2. The van der Waals surface area contributed by atoms with E-state index in [9.17, 15) is 60.7 Å². The number of benzene rings is 2. The minimum atomic E-state index is -2.59. The molecule has 4 aromatic rings. The number of fused-ring (bicyclic) bond motifs is 2. The van der Waals surface area contributed by atoms with Gasteiger partial charge in [-0.1, -0.05) is 11.8 Å². The number of aromatic hydroxyl groups is 2. The molecular formula is C32H34O16S. The first-order valence-corrected chi connectivity index (χ1v) is 16.0. The highest BCUT2D eigenvalue weighted by Gasteiger charge is 2.59. The lowest BCUT2D eigenvalue weighted by molar-refractivity contribution is -0.263. The van der Waals surface area contributed by atoms with Gasteiger partial charge < -0.3 is 69.4 Å². The second-order valence-electron chi connectivity index (χ2n) is 12.3. The van der Waals surface area contributed by atoms with Crippen LogP contribution in [-0.4, -0.2) is 123 Å². The third-order valence-corrected chi connectivity index (χ3v) is 10.3. The fourth-order valence-electron chi connectivity index (χ4n) is 6.32. The van der Waals surface area contributed by atoms with Crippen molar-refractivity contribution in [1.29, 1.82) is 0 Å².